The highest BCUT2D eigenvalue weighted by Gasteiger charge is 2.20. The van der Waals surface area contributed by atoms with Crippen LogP contribution < -0.4 is 5.32 Å². The number of benzene rings is 1. The Morgan fingerprint density at radius 3 is 2.65 bits per heavy atom. The van der Waals surface area contributed by atoms with Crippen LogP contribution in [0, 0.1) is 5.82 Å². The number of piperazine rings is 1. The van der Waals surface area contributed by atoms with Gasteiger partial charge in [-0.1, -0.05) is 15.9 Å². The third kappa shape index (κ3) is 3.65. The van der Waals surface area contributed by atoms with Gasteiger partial charge in [-0.3, -0.25) is 4.90 Å². The summed E-state index contributed by atoms with van der Waals surface area (Å²) in [6.45, 7) is 6.00. The number of nitrogens with one attached hydrogen (secondary N) is 1. The molecule has 1 atom stereocenters. The molecule has 1 fully saturated rings. The van der Waals surface area contributed by atoms with Gasteiger partial charge in [0.05, 0.1) is 0 Å². The van der Waals surface area contributed by atoms with E-state index in [1.54, 1.807) is 6.07 Å². The SMILES string of the molecule is C[C@H](c1cc(Br)ccc1F)N1CCNCC1.Cl. The van der Waals surface area contributed by atoms with Gasteiger partial charge in [0.15, 0.2) is 0 Å². The lowest BCUT2D eigenvalue weighted by Gasteiger charge is -2.33. The van der Waals surface area contributed by atoms with Gasteiger partial charge in [-0.25, -0.2) is 4.39 Å². The minimum atomic E-state index is -0.116. The summed E-state index contributed by atoms with van der Waals surface area (Å²) in [6, 6.07) is 5.28. The van der Waals surface area contributed by atoms with Gasteiger partial charge in [0.2, 0.25) is 0 Å². The average Bonchev–Trinajstić information content (AvgIpc) is 2.32. The van der Waals surface area contributed by atoms with Crippen LogP contribution >= 0.6 is 28.3 Å². The molecule has 0 aromatic heterocycles. The first-order chi connectivity index (χ1) is 7.68. The lowest BCUT2D eigenvalue weighted by molar-refractivity contribution is 0.182. The zero-order chi connectivity index (χ0) is 11.5. The highest BCUT2D eigenvalue weighted by Crippen LogP contribution is 2.26. The Morgan fingerprint density at radius 2 is 2.00 bits per heavy atom. The van der Waals surface area contributed by atoms with Crippen molar-refractivity contribution in [1.82, 2.24) is 10.2 Å². The smallest absolute Gasteiger partial charge is 0.128 e. The van der Waals surface area contributed by atoms with Crippen molar-refractivity contribution in [1.29, 1.82) is 0 Å². The van der Waals surface area contributed by atoms with E-state index >= 15 is 0 Å². The number of hydrogen-bond donors (Lipinski definition) is 1. The molecule has 1 aliphatic heterocycles. The summed E-state index contributed by atoms with van der Waals surface area (Å²) in [5.41, 5.74) is 0.774. The lowest BCUT2D eigenvalue weighted by Crippen LogP contribution is -2.44. The molecule has 0 spiro atoms. The molecule has 0 bridgehead atoms. The fourth-order valence-corrected chi connectivity index (χ4v) is 2.48. The summed E-state index contributed by atoms with van der Waals surface area (Å²) in [6.07, 6.45) is 0. The average molecular weight is 324 g/mol. The Bertz CT molecular complexity index is 370. The van der Waals surface area contributed by atoms with E-state index in [9.17, 15) is 4.39 Å². The second-order valence-corrected chi connectivity index (χ2v) is 5.04. The van der Waals surface area contributed by atoms with Crippen LogP contribution in [0.2, 0.25) is 0 Å². The predicted molar refractivity (Wildman–Crippen MR) is 74.2 cm³/mol. The van der Waals surface area contributed by atoms with Crippen molar-refractivity contribution in [3.63, 3.8) is 0 Å². The molecule has 0 amide bonds. The third-order valence-corrected chi connectivity index (χ3v) is 3.60. The van der Waals surface area contributed by atoms with E-state index in [-0.39, 0.29) is 24.3 Å². The first kappa shape index (κ1) is 14.9. The van der Waals surface area contributed by atoms with Gasteiger partial charge < -0.3 is 5.32 Å². The van der Waals surface area contributed by atoms with Gasteiger partial charge in [-0.2, -0.15) is 0 Å². The molecular formula is C12H17BrClFN2. The molecular weight excluding hydrogens is 307 g/mol. The van der Waals surface area contributed by atoms with Crippen molar-refractivity contribution in [3.8, 4) is 0 Å². The molecule has 0 unspecified atom stereocenters. The van der Waals surface area contributed by atoms with Crippen molar-refractivity contribution in [3.05, 3.63) is 34.1 Å². The Kier molecular flexibility index (Phi) is 5.86. The molecule has 1 saturated heterocycles. The van der Waals surface area contributed by atoms with Gasteiger partial charge in [-0.05, 0) is 25.1 Å². The van der Waals surface area contributed by atoms with Gasteiger partial charge in [0.1, 0.15) is 5.82 Å². The molecule has 1 aromatic rings. The second kappa shape index (κ2) is 6.69. The number of halogens is 3. The molecule has 5 heteroatoms. The maximum atomic E-state index is 13.7. The molecule has 0 aliphatic carbocycles. The monoisotopic (exact) mass is 322 g/mol. The van der Waals surface area contributed by atoms with E-state index in [1.807, 2.05) is 6.07 Å². The molecule has 2 nitrogen and oxygen atoms in total. The third-order valence-electron chi connectivity index (χ3n) is 3.11. The quantitative estimate of drug-likeness (QED) is 0.900. The molecule has 1 heterocycles. The van der Waals surface area contributed by atoms with Crippen molar-refractivity contribution >= 4 is 28.3 Å². The number of rotatable bonds is 2. The minimum Gasteiger partial charge on any atom is -0.314 e. The summed E-state index contributed by atoms with van der Waals surface area (Å²) < 4.78 is 14.6. The van der Waals surface area contributed by atoms with Gasteiger partial charge in [-0.15, -0.1) is 12.4 Å². The largest absolute Gasteiger partial charge is 0.314 e. The van der Waals surface area contributed by atoms with E-state index in [0.717, 1.165) is 36.2 Å². The molecule has 1 aliphatic rings. The van der Waals surface area contributed by atoms with Crippen LogP contribution in [0.3, 0.4) is 0 Å². The maximum absolute atomic E-state index is 13.7. The zero-order valence-corrected chi connectivity index (χ0v) is 12.2. The number of nitrogens with zero attached hydrogens (tertiary/aromatic N) is 1. The molecule has 17 heavy (non-hydrogen) atoms. The summed E-state index contributed by atoms with van der Waals surface area (Å²) in [7, 11) is 0. The molecule has 1 N–H and O–H groups in total. The van der Waals surface area contributed by atoms with Crippen molar-refractivity contribution in [2.24, 2.45) is 0 Å². The van der Waals surface area contributed by atoms with Crippen molar-refractivity contribution in [2.45, 2.75) is 13.0 Å². The highest BCUT2D eigenvalue weighted by atomic mass is 79.9. The zero-order valence-electron chi connectivity index (χ0n) is 9.75. The minimum absolute atomic E-state index is 0. The second-order valence-electron chi connectivity index (χ2n) is 4.13. The van der Waals surface area contributed by atoms with E-state index < -0.39 is 0 Å². The van der Waals surface area contributed by atoms with Gasteiger partial charge in [0, 0.05) is 42.3 Å². The summed E-state index contributed by atoms with van der Waals surface area (Å²) in [5.74, 6) is -0.116. The fraction of sp³-hybridized carbons (Fsp3) is 0.500. The topological polar surface area (TPSA) is 15.3 Å². The highest BCUT2D eigenvalue weighted by molar-refractivity contribution is 9.10. The van der Waals surface area contributed by atoms with Crippen LogP contribution in [0.15, 0.2) is 22.7 Å². The Balaban J connectivity index is 0.00000144. The molecule has 2 rings (SSSR count). The Hall–Kier alpha value is -0.160. The van der Waals surface area contributed by atoms with Crippen LogP contribution in [0.5, 0.6) is 0 Å². The summed E-state index contributed by atoms with van der Waals surface area (Å²) in [5, 5.41) is 3.30. The standard InChI is InChI=1S/C12H16BrFN2.ClH/c1-9(16-6-4-15-5-7-16)11-8-10(13)2-3-12(11)14;/h2-3,8-9,15H,4-7H2,1H3;1H/t9-;/m1./s1. The summed E-state index contributed by atoms with van der Waals surface area (Å²) >= 11 is 3.39. The van der Waals surface area contributed by atoms with E-state index in [1.165, 1.54) is 6.07 Å². The van der Waals surface area contributed by atoms with Gasteiger partial charge >= 0.3 is 0 Å². The fourth-order valence-electron chi connectivity index (χ4n) is 2.10. The van der Waals surface area contributed by atoms with E-state index in [2.05, 4.69) is 33.1 Å². The van der Waals surface area contributed by atoms with Crippen LogP contribution in [0.1, 0.15) is 18.5 Å². The normalized spacial score (nSPS) is 18.5. The molecule has 0 saturated carbocycles. The number of hydrogen-bond acceptors (Lipinski definition) is 2. The maximum Gasteiger partial charge on any atom is 0.128 e. The van der Waals surface area contributed by atoms with E-state index in [0.29, 0.717) is 0 Å². The first-order valence-electron chi connectivity index (χ1n) is 5.58. The molecule has 0 radical (unpaired) electrons. The van der Waals surface area contributed by atoms with Crippen LogP contribution in [-0.2, 0) is 0 Å². The van der Waals surface area contributed by atoms with Crippen LogP contribution in [0.25, 0.3) is 0 Å². The van der Waals surface area contributed by atoms with Gasteiger partial charge in [0.25, 0.3) is 0 Å². The van der Waals surface area contributed by atoms with Crippen LogP contribution in [0.4, 0.5) is 4.39 Å². The van der Waals surface area contributed by atoms with Crippen LogP contribution in [-0.4, -0.2) is 31.1 Å². The Labute approximate surface area is 116 Å². The first-order valence-corrected chi connectivity index (χ1v) is 6.37. The van der Waals surface area contributed by atoms with Crippen molar-refractivity contribution < 1.29 is 4.39 Å². The van der Waals surface area contributed by atoms with Crippen molar-refractivity contribution in [2.75, 3.05) is 26.2 Å². The molecule has 96 valence electrons. The predicted octanol–water partition coefficient (Wildman–Crippen LogP) is 2.98. The summed E-state index contributed by atoms with van der Waals surface area (Å²) in [4.78, 5) is 2.31. The van der Waals surface area contributed by atoms with E-state index in [4.69, 9.17) is 0 Å². The Morgan fingerprint density at radius 1 is 1.35 bits per heavy atom. The lowest BCUT2D eigenvalue weighted by atomic mass is 10.1. The molecule has 1 aromatic carbocycles.